The zero-order valence-electron chi connectivity index (χ0n) is 15.2. The SMILES string of the molecule is COc1ccc(NC(=O)[C@@H](NC(=O)OCc2ccccc2)C(C)C)cc1. The van der Waals surface area contributed by atoms with Crippen molar-refractivity contribution in [2.75, 3.05) is 12.4 Å². The quantitative estimate of drug-likeness (QED) is 0.795. The number of methoxy groups -OCH3 is 1. The number of carbonyl (C=O) groups is 2. The van der Waals surface area contributed by atoms with E-state index >= 15 is 0 Å². The van der Waals surface area contributed by atoms with Crippen LogP contribution in [0.25, 0.3) is 0 Å². The number of amides is 2. The van der Waals surface area contributed by atoms with Gasteiger partial charge in [0.2, 0.25) is 5.91 Å². The first-order valence-corrected chi connectivity index (χ1v) is 8.41. The molecule has 0 aromatic heterocycles. The van der Waals surface area contributed by atoms with Crippen LogP contribution in [0.15, 0.2) is 54.6 Å². The lowest BCUT2D eigenvalue weighted by molar-refractivity contribution is -0.119. The van der Waals surface area contributed by atoms with E-state index in [4.69, 9.17) is 9.47 Å². The van der Waals surface area contributed by atoms with Crippen LogP contribution in [-0.2, 0) is 16.1 Å². The fourth-order valence-corrected chi connectivity index (χ4v) is 2.32. The van der Waals surface area contributed by atoms with Gasteiger partial charge >= 0.3 is 6.09 Å². The molecule has 1 atom stereocenters. The lowest BCUT2D eigenvalue weighted by atomic mass is 10.0. The summed E-state index contributed by atoms with van der Waals surface area (Å²) in [5.41, 5.74) is 1.51. The number of ether oxygens (including phenoxy) is 2. The van der Waals surface area contributed by atoms with E-state index in [0.29, 0.717) is 11.4 Å². The topological polar surface area (TPSA) is 76.7 Å². The number of alkyl carbamates (subject to hydrolysis) is 1. The number of nitrogens with one attached hydrogen (secondary N) is 2. The molecule has 6 heteroatoms. The van der Waals surface area contributed by atoms with Crippen LogP contribution in [0.4, 0.5) is 10.5 Å². The summed E-state index contributed by atoms with van der Waals surface area (Å²) in [6.07, 6.45) is -0.627. The number of carbonyl (C=O) groups excluding carboxylic acids is 2. The molecule has 0 aliphatic carbocycles. The molecule has 2 N–H and O–H groups in total. The van der Waals surface area contributed by atoms with Gasteiger partial charge in [-0.05, 0) is 35.7 Å². The number of rotatable bonds is 7. The number of hydrogen-bond donors (Lipinski definition) is 2. The molecular weight excluding hydrogens is 332 g/mol. The molecule has 0 unspecified atom stereocenters. The van der Waals surface area contributed by atoms with Crippen LogP contribution in [-0.4, -0.2) is 25.2 Å². The Morgan fingerprint density at radius 1 is 1.00 bits per heavy atom. The first-order chi connectivity index (χ1) is 12.5. The van der Waals surface area contributed by atoms with Crippen molar-refractivity contribution in [1.29, 1.82) is 0 Å². The highest BCUT2D eigenvalue weighted by Gasteiger charge is 2.25. The summed E-state index contributed by atoms with van der Waals surface area (Å²) in [6, 6.07) is 15.6. The summed E-state index contributed by atoms with van der Waals surface area (Å²) in [5, 5.41) is 5.42. The minimum absolute atomic E-state index is 0.0995. The molecule has 26 heavy (non-hydrogen) atoms. The average Bonchev–Trinajstić information content (AvgIpc) is 2.65. The van der Waals surface area contributed by atoms with E-state index in [1.54, 1.807) is 31.4 Å². The summed E-state index contributed by atoms with van der Waals surface area (Å²) >= 11 is 0. The highest BCUT2D eigenvalue weighted by molar-refractivity contribution is 5.96. The van der Waals surface area contributed by atoms with Crippen LogP contribution in [0.1, 0.15) is 19.4 Å². The second-order valence-electron chi connectivity index (χ2n) is 6.15. The molecule has 0 bridgehead atoms. The van der Waals surface area contributed by atoms with Gasteiger partial charge in [0.1, 0.15) is 18.4 Å². The van der Waals surface area contributed by atoms with Gasteiger partial charge in [0.15, 0.2) is 0 Å². The van der Waals surface area contributed by atoms with Crippen molar-refractivity contribution in [3.63, 3.8) is 0 Å². The molecule has 0 fully saturated rings. The second kappa shape index (κ2) is 9.46. The van der Waals surface area contributed by atoms with Crippen LogP contribution in [0.5, 0.6) is 5.75 Å². The van der Waals surface area contributed by atoms with Gasteiger partial charge in [-0.2, -0.15) is 0 Å². The maximum Gasteiger partial charge on any atom is 0.408 e. The van der Waals surface area contributed by atoms with E-state index in [1.807, 2.05) is 44.2 Å². The number of anilines is 1. The molecule has 0 saturated heterocycles. The Balaban J connectivity index is 1.91. The molecule has 2 rings (SSSR count). The van der Waals surface area contributed by atoms with Gasteiger partial charge in [-0.3, -0.25) is 4.79 Å². The summed E-state index contributed by atoms with van der Waals surface area (Å²) in [7, 11) is 1.58. The van der Waals surface area contributed by atoms with Crippen molar-refractivity contribution in [2.45, 2.75) is 26.5 Å². The van der Waals surface area contributed by atoms with Crippen molar-refractivity contribution in [3.05, 3.63) is 60.2 Å². The van der Waals surface area contributed by atoms with Crippen LogP contribution >= 0.6 is 0 Å². The molecule has 0 saturated carbocycles. The Morgan fingerprint density at radius 3 is 2.23 bits per heavy atom. The molecule has 138 valence electrons. The Labute approximate surface area is 153 Å². The molecule has 0 spiro atoms. The Kier molecular flexibility index (Phi) is 7.02. The zero-order chi connectivity index (χ0) is 18.9. The fraction of sp³-hybridized carbons (Fsp3) is 0.300. The fourth-order valence-electron chi connectivity index (χ4n) is 2.32. The number of hydrogen-bond acceptors (Lipinski definition) is 4. The maximum absolute atomic E-state index is 12.5. The third-order valence-electron chi connectivity index (χ3n) is 3.79. The van der Waals surface area contributed by atoms with E-state index < -0.39 is 12.1 Å². The smallest absolute Gasteiger partial charge is 0.408 e. The lowest BCUT2D eigenvalue weighted by Gasteiger charge is -2.21. The minimum atomic E-state index is -0.708. The zero-order valence-corrected chi connectivity index (χ0v) is 15.2. The highest BCUT2D eigenvalue weighted by atomic mass is 16.5. The highest BCUT2D eigenvalue weighted by Crippen LogP contribution is 2.16. The molecule has 0 aliphatic heterocycles. The van der Waals surface area contributed by atoms with Crippen LogP contribution in [0.3, 0.4) is 0 Å². The molecule has 2 aromatic rings. The average molecular weight is 356 g/mol. The van der Waals surface area contributed by atoms with Gasteiger partial charge in [0.05, 0.1) is 7.11 Å². The summed E-state index contributed by atoms with van der Waals surface area (Å²) in [6.45, 7) is 3.86. The van der Waals surface area contributed by atoms with Crippen molar-refractivity contribution >= 4 is 17.7 Å². The van der Waals surface area contributed by atoms with Crippen molar-refractivity contribution < 1.29 is 19.1 Å². The standard InChI is InChI=1S/C20H24N2O4/c1-14(2)18(19(23)21-16-9-11-17(25-3)12-10-16)22-20(24)26-13-15-7-5-4-6-8-15/h4-12,14,18H,13H2,1-3H3,(H,21,23)(H,22,24)/t18-/m0/s1. The summed E-state index contributed by atoms with van der Waals surface area (Å²) in [4.78, 5) is 24.5. The summed E-state index contributed by atoms with van der Waals surface area (Å²) < 4.78 is 10.3. The number of benzene rings is 2. The molecule has 2 amide bonds. The Hall–Kier alpha value is -3.02. The van der Waals surface area contributed by atoms with Gasteiger partial charge in [0, 0.05) is 5.69 Å². The van der Waals surface area contributed by atoms with Gasteiger partial charge in [-0.25, -0.2) is 4.79 Å². The van der Waals surface area contributed by atoms with E-state index in [2.05, 4.69) is 10.6 Å². The molecular formula is C20H24N2O4. The third-order valence-corrected chi connectivity index (χ3v) is 3.79. The van der Waals surface area contributed by atoms with Gasteiger partial charge in [-0.15, -0.1) is 0 Å². The maximum atomic E-state index is 12.5. The minimum Gasteiger partial charge on any atom is -0.497 e. The van der Waals surface area contributed by atoms with Crippen molar-refractivity contribution in [3.8, 4) is 5.75 Å². The molecule has 0 radical (unpaired) electrons. The summed E-state index contributed by atoms with van der Waals surface area (Å²) in [5.74, 6) is 0.297. The van der Waals surface area contributed by atoms with E-state index in [1.165, 1.54) is 0 Å². The predicted molar refractivity (Wildman–Crippen MR) is 100 cm³/mol. The lowest BCUT2D eigenvalue weighted by Crippen LogP contribution is -2.47. The van der Waals surface area contributed by atoms with Crippen LogP contribution in [0.2, 0.25) is 0 Å². The predicted octanol–water partition coefficient (Wildman–Crippen LogP) is 3.58. The molecule has 0 heterocycles. The largest absolute Gasteiger partial charge is 0.497 e. The molecule has 2 aromatic carbocycles. The Bertz CT molecular complexity index is 714. The van der Waals surface area contributed by atoms with Gasteiger partial charge < -0.3 is 20.1 Å². The van der Waals surface area contributed by atoms with E-state index in [9.17, 15) is 9.59 Å². The first kappa shape index (κ1) is 19.3. The van der Waals surface area contributed by atoms with E-state index in [-0.39, 0.29) is 18.4 Å². The molecule has 6 nitrogen and oxygen atoms in total. The third kappa shape index (κ3) is 5.81. The van der Waals surface area contributed by atoms with Crippen molar-refractivity contribution in [2.24, 2.45) is 5.92 Å². The monoisotopic (exact) mass is 356 g/mol. The van der Waals surface area contributed by atoms with Crippen LogP contribution < -0.4 is 15.4 Å². The van der Waals surface area contributed by atoms with E-state index in [0.717, 1.165) is 5.56 Å². The molecule has 0 aliphatic rings. The Morgan fingerprint density at radius 2 is 1.65 bits per heavy atom. The normalized spacial score (nSPS) is 11.5. The van der Waals surface area contributed by atoms with Gasteiger partial charge in [0.25, 0.3) is 0 Å². The van der Waals surface area contributed by atoms with Crippen molar-refractivity contribution in [1.82, 2.24) is 5.32 Å². The van der Waals surface area contributed by atoms with Gasteiger partial charge in [-0.1, -0.05) is 44.2 Å². The second-order valence-corrected chi connectivity index (χ2v) is 6.15. The first-order valence-electron chi connectivity index (χ1n) is 8.41. The van der Waals surface area contributed by atoms with Crippen LogP contribution in [0, 0.1) is 5.92 Å².